The van der Waals surface area contributed by atoms with E-state index < -0.39 is 23.6 Å². The van der Waals surface area contributed by atoms with Gasteiger partial charge in [-0.3, -0.25) is 0 Å². The smallest absolute Gasteiger partial charge is 0.174 e. The summed E-state index contributed by atoms with van der Waals surface area (Å²) in [5.74, 6) is 0. The molecule has 1 saturated heterocycles. The summed E-state index contributed by atoms with van der Waals surface area (Å²) in [5, 5.41) is 9.01. The van der Waals surface area contributed by atoms with E-state index in [1.807, 2.05) is 18.2 Å². The van der Waals surface area contributed by atoms with Gasteiger partial charge in [0.05, 0.1) is 24.0 Å². The van der Waals surface area contributed by atoms with Crippen LogP contribution in [0.4, 0.5) is 4.39 Å². The number of hydrogen-bond donors (Lipinski definition) is 0. The second-order valence-electron chi connectivity index (χ2n) is 6.10. The lowest BCUT2D eigenvalue weighted by molar-refractivity contribution is 0.343. The monoisotopic (exact) mass is 294 g/mol. The molecule has 0 saturated carbocycles. The topological polar surface area (TPSA) is 50.1 Å². The molecule has 0 aliphatic carbocycles. The van der Waals surface area contributed by atoms with Crippen molar-refractivity contribution in [3.8, 4) is 6.07 Å². The summed E-state index contributed by atoms with van der Waals surface area (Å²) in [4.78, 5) is 0.618. The standard InChI is InChI=1S/C15H19FN2OS/c1-15(2,3)11-4-6-14(7-5-11)20(19)18-10-12(16)8-13(18)9-17/h4-7,12-13H,8,10H2,1-3H3. The summed E-state index contributed by atoms with van der Waals surface area (Å²) in [6.45, 7) is 6.39. The minimum absolute atomic E-state index is 0.0346. The predicted octanol–water partition coefficient (Wildman–Crippen LogP) is 2.94. The molecule has 3 unspecified atom stereocenters. The fourth-order valence-corrected chi connectivity index (χ4v) is 3.57. The van der Waals surface area contributed by atoms with Gasteiger partial charge in [-0.15, -0.1) is 4.31 Å². The number of halogens is 1. The Kier molecular flexibility index (Phi) is 4.38. The van der Waals surface area contributed by atoms with Crippen molar-refractivity contribution in [1.29, 1.82) is 5.26 Å². The first-order valence-corrected chi connectivity index (χ1v) is 7.76. The zero-order chi connectivity index (χ0) is 14.9. The Balaban J connectivity index is 2.17. The molecule has 0 bridgehead atoms. The van der Waals surface area contributed by atoms with Crippen LogP contribution in [0.3, 0.4) is 0 Å². The van der Waals surface area contributed by atoms with E-state index in [-0.39, 0.29) is 18.4 Å². The highest BCUT2D eigenvalue weighted by atomic mass is 32.2. The molecule has 2 rings (SSSR count). The third kappa shape index (κ3) is 3.14. The summed E-state index contributed by atoms with van der Waals surface area (Å²) in [7, 11) is 0. The fourth-order valence-electron chi connectivity index (χ4n) is 2.26. The first-order chi connectivity index (χ1) is 9.32. The van der Waals surface area contributed by atoms with Crippen LogP contribution < -0.4 is 0 Å². The van der Waals surface area contributed by atoms with Crippen LogP contribution in [0.2, 0.25) is 0 Å². The third-order valence-electron chi connectivity index (χ3n) is 3.49. The van der Waals surface area contributed by atoms with E-state index in [0.717, 1.165) is 5.56 Å². The van der Waals surface area contributed by atoms with E-state index in [1.165, 1.54) is 4.31 Å². The number of alkyl halides is 1. The maximum absolute atomic E-state index is 13.4. The quantitative estimate of drug-likeness (QED) is 0.788. The van der Waals surface area contributed by atoms with Gasteiger partial charge >= 0.3 is 0 Å². The summed E-state index contributed by atoms with van der Waals surface area (Å²) >= 11 is -1.47. The average molecular weight is 294 g/mol. The van der Waals surface area contributed by atoms with Crippen molar-refractivity contribution in [1.82, 2.24) is 4.31 Å². The number of nitrogens with zero attached hydrogens (tertiary/aromatic N) is 2. The highest BCUT2D eigenvalue weighted by molar-refractivity contribution is 7.89. The van der Waals surface area contributed by atoms with Crippen LogP contribution in [0.15, 0.2) is 29.2 Å². The summed E-state index contributed by atoms with van der Waals surface area (Å²) < 4.78 is 27.3. The van der Waals surface area contributed by atoms with Gasteiger partial charge in [0.2, 0.25) is 0 Å². The summed E-state index contributed by atoms with van der Waals surface area (Å²) in [6, 6.07) is 8.91. The normalized spacial score (nSPS) is 25.4. The maximum Gasteiger partial charge on any atom is 0.174 e. The molecule has 1 fully saturated rings. The van der Waals surface area contributed by atoms with Crippen molar-refractivity contribution in [2.45, 2.75) is 49.7 Å². The van der Waals surface area contributed by atoms with Crippen molar-refractivity contribution >= 4 is 11.4 Å². The minimum Gasteiger partial charge on any atom is -0.593 e. The molecular formula is C15H19FN2OS. The molecule has 1 aliphatic rings. The lowest BCUT2D eigenvalue weighted by Crippen LogP contribution is -2.35. The lowest BCUT2D eigenvalue weighted by atomic mass is 9.87. The number of hydrogen-bond acceptors (Lipinski definition) is 3. The first kappa shape index (κ1) is 15.3. The van der Waals surface area contributed by atoms with Gasteiger partial charge < -0.3 is 4.55 Å². The van der Waals surface area contributed by atoms with Crippen molar-refractivity contribution in [3.63, 3.8) is 0 Å². The van der Waals surface area contributed by atoms with Gasteiger partial charge in [0, 0.05) is 6.42 Å². The summed E-state index contributed by atoms with van der Waals surface area (Å²) in [6.07, 6.45) is -0.931. The van der Waals surface area contributed by atoms with E-state index in [0.29, 0.717) is 4.90 Å². The third-order valence-corrected chi connectivity index (χ3v) is 4.99. The van der Waals surface area contributed by atoms with Gasteiger partial charge in [-0.2, -0.15) is 5.26 Å². The first-order valence-electron chi connectivity index (χ1n) is 6.65. The molecule has 1 aliphatic heterocycles. The Labute approximate surface area is 122 Å². The molecule has 1 aromatic rings. The number of rotatable bonds is 2. The Morgan fingerprint density at radius 3 is 2.45 bits per heavy atom. The van der Waals surface area contributed by atoms with Gasteiger partial charge in [-0.05, 0) is 23.1 Å². The zero-order valence-corrected chi connectivity index (χ0v) is 12.8. The highest BCUT2D eigenvalue weighted by Gasteiger charge is 2.40. The van der Waals surface area contributed by atoms with Crippen LogP contribution in [0.25, 0.3) is 0 Å². The van der Waals surface area contributed by atoms with Crippen LogP contribution in [0, 0.1) is 11.3 Å². The Hall–Kier alpha value is -1.09. The molecule has 108 valence electrons. The molecule has 3 nitrogen and oxygen atoms in total. The molecule has 0 amide bonds. The average Bonchev–Trinajstić information content (AvgIpc) is 2.78. The predicted molar refractivity (Wildman–Crippen MR) is 77.2 cm³/mol. The molecular weight excluding hydrogens is 275 g/mol. The molecule has 0 N–H and O–H groups in total. The SMILES string of the molecule is CC(C)(C)c1ccc([S+]([O-])N2CC(F)CC2C#N)cc1. The Bertz CT molecular complexity index is 506. The summed E-state index contributed by atoms with van der Waals surface area (Å²) in [5.41, 5.74) is 1.19. The Morgan fingerprint density at radius 2 is 1.95 bits per heavy atom. The van der Waals surface area contributed by atoms with Crippen molar-refractivity contribution in [2.75, 3.05) is 6.54 Å². The van der Waals surface area contributed by atoms with Crippen LogP contribution in [0.1, 0.15) is 32.8 Å². The molecule has 0 spiro atoms. The van der Waals surface area contributed by atoms with Gasteiger partial charge in [0.15, 0.2) is 4.90 Å². The van der Waals surface area contributed by atoms with E-state index in [1.54, 1.807) is 12.1 Å². The molecule has 20 heavy (non-hydrogen) atoms. The van der Waals surface area contributed by atoms with Crippen LogP contribution >= 0.6 is 0 Å². The largest absolute Gasteiger partial charge is 0.593 e. The lowest BCUT2D eigenvalue weighted by Gasteiger charge is -2.23. The van der Waals surface area contributed by atoms with E-state index >= 15 is 0 Å². The van der Waals surface area contributed by atoms with Crippen LogP contribution in [-0.4, -0.2) is 27.6 Å². The van der Waals surface area contributed by atoms with E-state index in [9.17, 15) is 8.94 Å². The van der Waals surface area contributed by atoms with Gasteiger partial charge in [-0.1, -0.05) is 32.9 Å². The molecule has 1 aromatic carbocycles. The second kappa shape index (κ2) is 5.72. The molecule has 3 atom stereocenters. The van der Waals surface area contributed by atoms with Crippen molar-refractivity contribution in [2.24, 2.45) is 0 Å². The molecule has 0 aromatic heterocycles. The maximum atomic E-state index is 13.4. The van der Waals surface area contributed by atoms with Crippen molar-refractivity contribution in [3.05, 3.63) is 29.8 Å². The van der Waals surface area contributed by atoms with E-state index in [2.05, 4.69) is 20.8 Å². The van der Waals surface area contributed by atoms with Gasteiger partial charge in [-0.25, -0.2) is 4.39 Å². The van der Waals surface area contributed by atoms with Gasteiger partial charge in [0.25, 0.3) is 0 Å². The van der Waals surface area contributed by atoms with Crippen LogP contribution in [-0.2, 0) is 16.8 Å². The fraction of sp³-hybridized carbons (Fsp3) is 0.533. The number of nitriles is 1. The second-order valence-corrected chi connectivity index (χ2v) is 7.54. The highest BCUT2D eigenvalue weighted by Crippen LogP contribution is 2.29. The molecule has 1 heterocycles. The Morgan fingerprint density at radius 1 is 1.35 bits per heavy atom. The molecule has 0 radical (unpaired) electrons. The zero-order valence-electron chi connectivity index (χ0n) is 12.0. The van der Waals surface area contributed by atoms with Crippen LogP contribution in [0.5, 0.6) is 0 Å². The van der Waals surface area contributed by atoms with E-state index in [4.69, 9.17) is 5.26 Å². The van der Waals surface area contributed by atoms with Crippen molar-refractivity contribution < 1.29 is 8.94 Å². The molecule has 5 heteroatoms. The minimum atomic E-state index is -1.47. The number of benzene rings is 1. The van der Waals surface area contributed by atoms with Gasteiger partial charge in [0.1, 0.15) is 12.2 Å².